The number of carboxylic acids is 1. The number of amides is 2. The summed E-state index contributed by atoms with van der Waals surface area (Å²) in [6, 6.07) is 6.00. The Balaban J connectivity index is 1.82. The minimum atomic E-state index is -0.857. The number of carbonyl (C=O) groups excluding carboxylic acids is 1. The highest BCUT2D eigenvalue weighted by Gasteiger charge is 2.31. The Bertz CT molecular complexity index is 550. The number of rotatable bonds is 4. The first-order valence-electron chi connectivity index (χ1n) is 7.45. The van der Waals surface area contributed by atoms with Crippen molar-refractivity contribution in [3.8, 4) is 0 Å². The van der Waals surface area contributed by atoms with E-state index in [1.165, 1.54) is 12.1 Å². The van der Waals surface area contributed by atoms with Crippen LogP contribution in [-0.4, -0.2) is 41.6 Å². The van der Waals surface area contributed by atoms with Crippen LogP contribution in [0.4, 0.5) is 9.18 Å². The molecule has 1 heterocycles. The van der Waals surface area contributed by atoms with E-state index < -0.39 is 11.9 Å². The van der Waals surface area contributed by atoms with Crippen LogP contribution >= 0.6 is 0 Å². The van der Waals surface area contributed by atoms with E-state index in [2.05, 4.69) is 5.32 Å². The molecule has 1 aromatic carbocycles. The van der Waals surface area contributed by atoms with Crippen LogP contribution in [0.15, 0.2) is 24.3 Å². The zero-order chi connectivity index (χ0) is 16.1. The number of benzene rings is 1. The van der Waals surface area contributed by atoms with Crippen molar-refractivity contribution in [3.05, 3.63) is 35.6 Å². The van der Waals surface area contributed by atoms with Gasteiger partial charge in [0.1, 0.15) is 5.82 Å². The van der Waals surface area contributed by atoms with Gasteiger partial charge in [-0.15, -0.1) is 0 Å². The lowest BCUT2D eigenvalue weighted by molar-refractivity contribution is -0.143. The smallest absolute Gasteiger partial charge is 0.317 e. The molecule has 0 bridgehead atoms. The number of halogens is 1. The number of nitrogens with zero attached hydrogens (tertiary/aromatic N) is 1. The molecule has 1 aliphatic rings. The van der Waals surface area contributed by atoms with Crippen LogP contribution in [0.3, 0.4) is 0 Å². The molecule has 1 fully saturated rings. The fourth-order valence-electron chi connectivity index (χ4n) is 2.81. The molecule has 2 unspecified atom stereocenters. The van der Waals surface area contributed by atoms with E-state index in [0.717, 1.165) is 5.56 Å². The molecule has 22 heavy (non-hydrogen) atoms. The van der Waals surface area contributed by atoms with Crippen molar-refractivity contribution in [1.29, 1.82) is 0 Å². The second-order valence-corrected chi connectivity index (χ2v) is 5.89. The Morgan fingerprint density at radius 2 is 2.18 bits per heavy atom. The van der Waals surface area contributed by atoms with Crippen LogP contribution in [0.5, 0.6) is 0 Å². The largest absolute Gasteiger partial charge is 0.481 e. The summed E-state index contributed by atoms with van der Waals surface area (Å²) >= 11 is 0. The molecule has 2 rings (SSSR count). The molecule has 1 aliphatic heterocycles. The topological polar surface area (TPSA) is 69.6 Å². The van der Waals surface area contributed by atoms with Crippen LogP contribution < -0.4 is 5.32 Å². The summed E-state index contributed by atoms with van der Waals surface area (Å²) in [4.78, 5) is 24.8. The number of carbonyl (C=O) groups is 2. The van der Waals surface area contributed by atoms with Gasteiger partial charge in [0.25, 0.3) is 0 Å². The Morgan fingerprint density at radius 3 is 2.86 bits per heavy atom. The second-order valence-electron chi connectivity index (χ2n) is 5.89. The molecule has 2 atom stereocenters. The number of likely N-dealkylation sites (tertiary alicyclic amines) is 1. The third kappa shape index (κ3) is 4.44. The average molecular weight is 308 g/mol. The molecule has 0 aromatic heterocycles. The van der Waals surface area contributed by atoms with Crippen molar-refractivity contribution in [3.63, 3.8) is 0 Å². The molecule has 0 radical (unpaired) electrons. The second kappa shape index (κ2) is 7.24. The van der Waals surface area contributed by atoms with Crippen molar-refractivity contribution in [2.24, 2.45) is 11.8 Å². The summed E-state index contributed by atoms with van der Waals surface area (Å²) < 4.78 is 13.1. The highest BCUT2D eigenvalue weighted by atomic mass is 19.1. The predicted octanol–water partition coefficient (Wildman–Crippen LogP) is 2.12. The predicted molar refractivity (Wildman–Crippen MR) is 80.0 cm³/mol. The third-order valence-electron chi connectivity index (χ3n) is 3.88. The van der Waals surface area contributed by atoms with Crippen molar-refractivity contribution < 1.29 is 19.1 Å². The summed E-state index contributed by atoms with van der Waals surface area (Å²) in [5.41, 5.74) is 0.815. The first kappa shape index (κ1) is 16.3. The maximum absolute atomic E-state index is 13.1. The number of hydrogen-bond acceptors (Lipinski definition) is 2. The van der Waals surface area contributed by atoms with Gasteiger partial charge in [-0.3, -0.25) is 4.79 Å². The number of hydrogen-bond donors (Lipinski definition) is 2. The van der Waals surface area contributed by atoms with E-state index in [1.54, 1.807) is 17.0 Å². The van der Waals surface area contributed by atoms with E-state index in [-0.39, 0.29) is 24.3 Å². The number of urea groups is 1. The van der Waals surface area contributed by atoms with Gasteiger partial charge in [0.2, 0.25) is 0 Å². The summed E-state index contributed by atoms with van der Waals surface area (Å²) in [6.45, 7) is 3.15. The van der Waals surface area contributed by atoms with E-state index in [1.807, 2.05) is 6.92 Å². The molecule has 0 aliphatic carbocycles. The van der Waals surface area contributed by atoms with Gasteiger partial charge < -0.3 is 15.3 Å². The molecular weight excluding hydrogens is 287 g/mol. The molecule has 5 nitrogen and oxygen atoms in total. The van der Waals surface area contributed by atoms with Crippen LogP contribution in [0.2, 0.25) is 0 Å². The first-order valence-corrected chi connectivity index (χ1v) is 7.45. The van der Waals surface area contributed by atoms with Crippen LogP contribution in [0, 0.1) is 17.7 Å². The first-order chi connectivity index (χ1) is 10.5. The molecule has 2 amide bonds. The summed E-state index contributed by atoms with van der Waals surface area (Å²) in [6.07, 6.45) is 1.14. The van der Waals surface area contributed by atoms with E-state index in [0.29, 0.717) is 25.9 Å². The summed E-state index contributed by atoms with van der Waals surface area (Å²) in [7, 11) is 0. The van der Waals surface area contributed by atoms with Gasteiger partial charge in [0.15, 0.2) is 0 Å². The monoisotopic (exact) mass is 308 g/mol. The molecule has 0 spiro atoms. The van der Waals surface area contributed by atoms with Gasteiger partial charge in [-0.1, -0.05) is 19.1 Å². The van der Waals surface area contributed by atoms with Gasteiger partial charge in [0.05, 0.1) is 5.92 Å². The van der Waals surface area contributed by atoms with Crippen molar-refractivity contribution in [2.45, 2.75) is 19.8 Å². The molecule has 0 saturated carbocycles. The van der Waals surface area contributed by atoms with Gasteiger partial charge in [-0.2, -0.15) is 0 Å². The lowest BCUT2D eigenvalue weighted by Gasteiger charge is -2.34. The van der Waals surface area contributed by atoms with Crippen LogP contribution in [0.25, 0.3) is 0 Å². The maximum Gasteiger partial charge on any atom is 0.317 e. The number of carboxylic acid groups (broad SMARTS) is 1. The molecule has 1 saturated heterocycles. The SMILES string of the molecule is CC1CC(C(=O)O)CN(C(=O)NCCc2cccc(F)c2)C1. The maximum atomic E-state index is 13.1. The van der Waals surface area contributed by atoms with E-state index in [9.17, 15) is 14.0 Å². The average Bonchev–Trinajstić information content (AvgIpc) is 2.46. The standard InChI is InChI=1S/C16H21FN2O3/c1-11-7-13(15(20)21)10-19(9-11)16(22)18-6-5-12-3-2-4-14(17)8-12/h2-4,8,11,13H,5-7,9-10H2,1H3,(H,18,22)(H,20,21). The van der Waals surface area contributed by atoms with Gasteiger partial charge in [-0.25, -0.2) is 9.18 Å². The quantitative estimate of drug-likeness (QED) is 0.895. The Kier molecular flexibility index (Phi) is 5.35. The normalized spacial score (nSPS) is 21.5. The minimum absolute atomic E-state index is 0.170. The van der Waals surface area contributed by atoms with E-state index in [4.69, 9.17) is 5.11 Å². The lowest BCUT2D eigenvalue weighted by atomic mass is 9.91. The van der Waals surface area contributed by atoms with Gasteiger partial charge in [0, 0.05) is 19.6 Å². The number of aliphatic carboxylic acids is 1. The highest BCUT2D eigenvalue weighted by Crippen LogP contribution is 2.21. The van der Waals surface area contributed by atoms with Crippen molar-refractivity contribution in [2.75, 3.05) is 19.6 Å². The van der Waals surface area contributed by atoms with Crippen molar-refractivity contribution in [1.82, 2.24) is 10.2 Å². The molecule has 6 heteroatoms. The fraction of sp³-hybridized carbons (Fsp3) is 0.500. The van der Waals surface area contributed by atoms with Gasteiger partial charge >= 0.3 is 12.0 Å². The molecule has 1 aromatic rings. The van der Waals surface area contributed by atoms with Crippen LogP contribution in [-0.2, 0) is 11.2 Å². The summed E-state index contributed by atoms with van der Waals surface area (Å²) in [5.74, 6) is -1.48. The lowest BCUT2D eigenvalue weighted by Crippen LogP contribution is -2.49. The Labute approximate surface area is 129 Å². The van der Waals surface area contributed by atoms with Gasteiger partial charge in [-0.05, 0) is 36.5 Å². The third-order valence-corrected chi connectivity index (χ3v) is 3.88. The zero-order valence-electron chi connectivity index (χ0n) is 12.6. The zero-order valence-corrected chi connectivity index (χ0v) is 12.6. The minimum Gasteiger partial charge on any atom is -0.481 e. The fourth-order valence-corrected chi connectivity index (χ4v) is 2.81. The highest BCUT2D eigenvalue weighted by molar-refractivity contribution is 5.76. The molecule has 2 N–H and O–H groups in total. The number of piperidine rings is 1. The Hall–Kier alpha value is -2.11. The van der Waals surface area contributed by atoms with Crippen LogP contribution in [0.1, 0.15) is 18.9 Å². The van der Waals surface area contributed by atoms with E-state index >= 15 is 0 Å². The number of nitrogens with one attached hydrogen (secondary N) is 1. The Morgan fingerprint density at radius 1 is 1.41 bits per heavy atom. The summed E-state index contributed by atoms with van der Waals surface area (Å²) in [5, 5.41) is 11.9. The molecule has 120 valence electrons. The molecular formula is C16H21FN2O3. The van der Waals surface area contributed by atoms with Crippen molar-refractivity contribution >= 4 is 12.0 Å².